The van der Waals surface area contributed by atoms with Crippen molar-refractivity contribution in [1.29, 1.82) is 0 Å². The summed E-state index contributed by atoms with van der Waals surface area (Å²) in [4.78, 5) is 58.0. The highest BCUT2D eigenvalue weighted by molar-refractivity contribution is 5.95. The molecule has 4 heterocycles. The molecule has 2 saturated heterocycles. The minimum absolute atomic E-state index is 0.0564. The highest BCUT2D eigenvalue weighted by atomic mass is 16.4. The number of H-pyrrole nitrogens is 2. The Bertz CT molecular complexity index is 1640. The number of carbonyl (C=O) groups excluding carboxylic acids is 3. The van der Waals surface area contributed by atoms with Crippen LogP contribution in [0.25, 0.3) is 0 Å². The van der Waals surface area contributed by atoms with Gasteiger partial charge in [-0.05, 0) is 43.2 Å². The highest BCUT2D eigenvalue weighted by Gasteiger charge is 2.28. The van der Waals surface area contributed by atoms with Crippen LogP contribution in [-0.4, -0.2) is 102 Å². The third kappa shape index (κ3) is 11.5. The number of nitrogens with zero attached hydrogens (tertiary/aromatic N) is 6. The first-order chi connectivity index (χ1) is 23.6. The number of aromatic amines is 2. The van der Waals surface area contributed by atoms with Gasteiger partial charge in [0, 0.05) is 52.4 Å². The van der Waals surface area contributed by atoms with Crippen molar-refractivity contribution < 1.29 is 24.3 Å². The molecule has 2 aliphatic heterocycles. The third-order valence-electron chi connectivity index (χ3n) is 8.34. The number of carboxylic acids is 1. The van der Waals surface area contributed by atoms with Crippen LogP contribution in [0, 0.1) is 5.92 Å². The molecule has 0 radical (unpaired) electrons. The van der Waals surface area contributed by atoms with Crippen LogP contribution in [0.15, 0.2) is 60.7 Å². The zero-order valence-electron chi connectivity index (χ0n) is 28.0. The van der Waals surface area contributed by atoms with Crippen molar-refractivity contribution in [2.45, 2.75) is 63.8 Å². The number of Topliss-reactive ketones (excluding diaryl/α,β-unsaturated/α-hetero) is 1. The summed E-state index contributed by atoms with van der Waals surface area (Å²) in [5.41, 5.74) is 7.74. The molecule has 0 unspecified atom stereocenters. The molecule has 5 N–H and O–H groups in total. The number of hydrogen-bond acceptors (Lipinski definition) is 9. The molecule has 260 valence electrons. The molecule has 2 fully saturated rings. The molecule has 0 aliphatic carbocycles. The molecule has 2 aliphatic rings. The Morgan fingerprint density at radius 1 is 0.755 bits per heavy atom. The molecule has 14 nitrogen and oxygen atoms in total. The minimum atomic E-state index is -1.12. The maximum absolute atomic E-state index is 12.4. The Hall–Kier alpha value is -5.24. The van der Waals surface area contributed by atoms with Gasteiger partial charge in [-0.3, -0.25) is 24.6 Å². The highest BCUT2D eigenvalue weighted by Crippen LogP contribution is 2.21. The lowest BCUT2D eigenvalue weighted by molar-refractivity contribution is -0.133. The summed E-state index contributed by atoms with van der Waals surface area (Å²) in [7, 11) is 3.61. The normalized spacial score (nSPS) is 17.9. The van der Waals surface area contributed by atoms with Crippen LogP contribution < -0.4 is 5.73 Å². The largest absolute Gasteiger partial charge is 0.475 e. The zero-order valence-corrected chi connectivity index (χ0v) is 28.0. The smallest absolute Gasteiger partial charge is 0.375 e. The summed E-state index contributed by atoms with van der Waals surface area (Å²) < 4.78 is 0. The van der Waals surface area contributed by atoms with E-state index >= 15 is 0 Å². The molecule has 6 rings (SSSR count). The second kappa shape index (κ2) is 18.3. The number of likely N-dealkylation sites (N-methyl/N-ethyl adjacent to an activating group) is 1. The maximum atomic E-state index is 12.4. The monoisotopic (exact) mass is 671 g/mol. The SMILES string of the molecule is CN1CCCC[C@H](CC(=O)c2n[nH]c(Cc3ccccc3)n2)C1=O.CN1CCCC[C@H](N)C1=O.O=C(O)c1n[nH]c(Cc2ccccc2)n1. The van der Waals surface area contributed by atoms with Crippen molar-refractivity contribution in [3.8, 4) is 0 Å². The van der Waals surface area contributed by atoms with Gasteiger partial charge in [0.1, 0.15) is 11.6 Å². The number of nitrogens with one attached hydrogen (secondary N) is 2. The van der Waals surface area contributed by atoms with E-state index in [4.69, 9.17) is 10.8 Å². The van der Waals surface area contributed by atoms with Gasteiger partial charge in [0.25, 0.3) is 5.82 Å². The zero-order chi connectivity index (χ0) is 35.2. The molecule has 2 atom stereocenters. The molecule has 2 aromatic carbocycles. The fourth-order valence-corrected chi connectivity index (χ4v) is 5.57. The number of amides is 2. The number of carboxylic acid groups (broad SMARTS) is 1. The Morgan fingerprint density at radius 2 is 1.24 bits per heavy atom. The second-order valence-electron chi connectivity index (χ2n) is 12.3. The van der Waals surface area contributed by atoms with Crippen molar-refractivity contribution in [2.24, 2.45) is 11.7 Å². The van der Waals surface area contributed by atoms with Gasteiger partial charge in [-0.2, -0.15) is 5.10 Å². The summed E-state index contributed by atoms with van der Waals surface area (Å²) in [5, 5.41) is 21.7. The molecule has 49 heavy (non-hydrogen) atoms. The Balaban J connectivity index is 0.000000184. The molecule has 14 heteroatoms. The summed E-state index contributed by atoms with van der Waals surface area (Å²) in [6.45, 7) is 1.64. The van der Waals surface area contributed by atoms with Crippen LogP contribution in [-0.2, 0) is 22.4 Å². The first-order valence-electron chi connectivity index (χ1n) is 16.5. The Labute approximate surface area is 285 Å². The van der Waals surface area contributed by atoms with Crippen LogP contribution in [0.2, 0.25) is 0 Å². The lowest BCUT2D eigenvalue weighted by Crippen LogP contribution is -2.39. The van der Waals surface area contributed by atoms with E-state index < -0.39 is 5.97 Å². The van der Waals surface area contributed by atoms with E-state index in [1.807, 2.05) is 67.7 Å². The van der Waals surface area contributed by atoms with Gasteiger partial charge >= 0.3 is 5.97 Å². The summed E-state index contributed by atoms with van der Waals surface area (Å²) in [6.07, 6.45) is 7.10. The predicted molar refractivity (Wildman–Crippen MR) is 182 cm³/mol. The molecule has 0 bridgehead atoms. The molecular weight excluding hydrogens is 626 g/mol. The van der Waals surface area contributed by atoms with Gasteiger partial charge in [0.15, 0.2) is 0 Å². The topological polar surface area (TPSA) is 204 Å². The van der Waals surface area contributed by atoms with Gasteiger partial charge in [-0.1, -0.05) is 67.1 Å². The number of nitrogens with two attached hydrogens (primary N) is 1. The summed E-state index contributed by atoms with van der Waals surface area (Å²) in [5.74, 6) is -0.182. The fraction of sp³-hybridized carbons (Fsp3) is 0.429. The minimum Gasteiger partial charge on any atom is -0.475 e. The number of likely N-dealkylation sites (tertiary alicyclic amines) is 2. The van der Waals surface area contributed by atoms with Crippen LogP contribution in [0.1, 0.15) is 89.0 Å². The Morgan fingerprint density at radius 3 is 1.78 bits per heavy atom. The van der Waals surface area contributed by atoms with Crippen molar-refractivity contribution in [3.05, 3.63) is 95.1 Å². The Kier molecular flexibility index (Phi) is 13.7. The van der Waals surface area contributed by atoms with Gasteiger partial charge in [0.05, 0.1) is 6.04 Å². The average molecular weight is 672 g/mol. The van der Waals surface area contributed by atoms with E-state index in [0.717, 1.165) is 62.7 Å². The fourth-order valence-electron chi connectivity index (χ4n) is 5.57. The van der Waals surface area contributed by atoms with Gasteiger partial charge < -0.3 is 20.6 Å². The number of carbonyl (C=O) groups is 4. The van der Waals surface area contributed by atoms with E-state index in [0.29, 0.717) is 24.5 Å². The average Bonchev–Trinajstić information content (AvgIpc) is 3.72. The molecule has 2 aromatic heterocycles. The number of aromatic carboxylic acids is 1. The van der Waals surface area contributed by atoms with E-state index in [-0.39, 0.29) is 47.6 Å². The first kappa shape index (κ1) is 36.6. The van der Waals surface area contributed by atoms with Crippen LogP contribution >= 0.6 is 0 Å². The van der Waals surface area contributed by atoms with Crippen molar-refractivity contribution in [1.82, 2.24) is 40.2 Å². The van der Waals surface area contributed by atoms with Gasteiger partial charge in [-0.15, -0.1) is 5.10 Å². The van der Waals surface area contributed by atoms with Crippen molar-refractivity contribution in [3.63, 3.8) is 0 Å². The van der Waals surface area contributed by atoms with E-state index in [1.165, 1.54) is 0 Å². The molecule has 4 aromatic rings. The number of aromatic nitrogens is 6. The molecule has 0 saturated carbocycles. The third-order valence-corrected chi connectivity index (χ3v) is 8.34. The van der Waals surface area contributed by atoms with Crippen molar-refractivity contribution >= 4 is 23.6 Å². The van der Waals surface area contributed by atoms with Crippen molar-refractivity contribution in [2.75, 3.05) is 27.2 Å². The quantitative estimate of drug-likeness (QED) is 0.201. The molecular formula is C35H45N9O5. The number of rotatable bonds is 8. The van der Waals surface area contributed by atoms with Crippen LogP contribution in [0.3, 0.4) is 0 Å². The standard InChI is InChI=1S/C18H22N4O2.C10H9N3O2.C7H14N2O/c1-22-10-6-5-9-14(18(22)24)12-15(23)17-19-16(20-21-17)11-13-7-3-2-4-8-13;14-10(15)9-11-8(12-13-9)6-7-4-2-1-3-5-7;1-9-5-3-2-4-6(8)7(9)10/h2-4,7-8,14H,5-6,9-12H2,1H3,(H,19,20,21);1-5H,6H2,(H,14,15)(H,11,12,13);6H,2-5,8H2,1H3/t14-;;6-/m1.0/s1. The van der Waals surface area contributed by atoms with Crippen LogP contribution in [0.5, 0.6) is 0 Å². The molecule has 0 spiro atoms. The van der Waals surface area contributed by atoms with E-state index in [1.54, 1.807) is 16.8 Å². The van der Waals surface area contributed by atoms with E-state index in [2.05, 4.69) is 30.4 Å². The van der Waals surface area contributed by atoms with Gasteiger partial charge in [0.2, 0.25) is 23.4 Å². The maximum Gasteiger partial charge on any atom is 0.375 e. The number of hydrogen-bond donors (Lipinski definition) is 4. The van der Waals surface area contributed by atoms with E-state index in [9.17, 15) is 19.2 Å². The molecule has 2 amide bonds. The number of ketones is 1. The first-order valence-corrected chi connectivity index (χ1v) is 16.5. The van der Waals surface area contributed by atoms with Gasteiger partial charge in [-0.25, -0.2) is 14.8 Å². The number of benzene rings is 2. The summed E-state index contributed by atoms with van der Waals surface area (Å²) >= 11 is 0. The van der Waals surface area contributed by atoms with Crippen LogP contribution in [0.4, 0.5) is 0 Å². The second-order valence-corrected chi connectivity index (χ2v) is 12.3. The lowest BCUT2D eigenvalue weighted by Gasteiger charge is -2.18. The predicted octanol–water partition coefficient (Wildman–Crippen LogP) is 3.28. The lowest BCUT2D eigenvalue weighted by atomic mass is 9.96. The summed E-state index contributed by atoms with van der Waals surface area (Å²) in [6, 6.07) is 19.3.